The largest absolute Gasteiger partial charge is 0.402 e. The van der Waals surface area contributed by atoms with Crippen LogP contribution in [0.25, 0.3) is 0 Å². The number of carbonyl (C=O) groups is 1. The number of carbonyl (C=O) groups excluding carboxylic acids is 1. The van der Waals surface area contributed by atoms with Crippen molar-refractivity contribution < 1.29 is 31.1 Å². The van der Waals surface area contributed by atoms with Gasteiger partial charge in [-0.15, -0.1) is 0 Å². The molecule has 0 bridgehead atoms. The summed E-state index contributed by atoms with van der Waals surface area (Å²) in [5.41, 5.74) is 0.0479. The molecule has 6 nitrogen and oxygen atoms in total. The van der Waals surface area contributed by atoms with E-state index in [1.807, 2.05) is 0 Å². The molecule has 0 spiro atoms. The predicted octanol–water partition coefficient (Wildman–Crippen LogP) is 1.05. The summed E-state index contributed by atoms with van der Waals surface area (Å²) in [7, 11) is -4.35. The Labute approximate surface area is 131 Å². The number of amides is 1. The Morgan fingerprint density at radius 3 is 2.70 bits per heavy atom. The Kier molecular flexibility index (Phi) is 5.27. The summed E-state index contributed by atoms with van der Waals surface area (Å²) in [4.78, 5) is 11.6. The molecule has 1 heterocycles. The van der Waals surface area contributed by atoms with Crippen molar-refractivity contribution in [1.29, 1.82) is 0 Å². The third-order valence-corrected chi connectivity index (χ3v) is 4.53. The minimum Gasteiger partial charge on any atom is -0.379 e. The van der Waals surface area contributed by atoms with Gasteiger partial charge in [0.25, 0.3) is 5.91 Å². The fourth-order valence-corrected chi connectivity index (χ4v) is 3.04. The smallest absolute Gasteiger partial charge is 0.379 e. The minimum atomic E-state index is -4.66. The molecule has 1 aromatic carbocycles. The zero-order chi connectivity index (χ0) is 17.1. The van der Waals surface area contributed by atoms with Gasteiger partial charge in [-0.1, -0.05) is 6.07 Å². The molecule has 1 atom stereocenters. The van der Waals surface area contributed by atoms with Gasteiger partial charge in [0.2, 0.25) is 10.0 Å². The van der Waals surface area contributed by atoms with E-state index in [0.29, 0.717) is 19.6 Å². The molecular formula is C13H15F3N2O4S. The van der Waals surface area contributed by atoms with Crippen LogP contribution in [-0.2, 0) is 14.8 Å². The van der Waals surface area contributed by atoms with Crippen LogP contribution in [0.4, 0.5) is 13.2 Å². The molecule has 1 saturated heterocycles. The Bertz CT molecular complexity index is 670. The first-order valence-corrected chi connectivity index (χ1v) is 8.21. The molecule has 0 aliphatic carbocycles. The number of rotatable bonds is 5. The van der Waals surface area contributed by atoms with Gasteiger partial charge < -0.3 is 10.1 Å². The molecule has 0 unspecified atom stereocenters. The monoisotopic (exact) mass is 352 g/mol. The molecule has 2 N–H and O–H groups in total. The van der Waals surface area contributed by atoms with Gasteiger partial charge in [-0.2, -0.15) is 13.2 Å². The number of nitrogens with one attached hydrogen (secondary N) is 2. The van der Waals surface area contributed by atoms with E-state index in [2.05, 4.69) is 5.32 Å². The van der Waals surface area contributed by atoms with Crippen LogP contribution >= 0.6 is 0 Å². The van der Waals surface area contributed by atoms with Gasteiger partial charge in [0.1, 0.15) is 6.54 Å². The standard InChI is InChI=1S/C13H15F3N2O4S/c14-13(15,16)8-17-23(20,21)11-3-1-2-9(6-11)12(19)18-10-4-5-22-7-10/h1-3,6,10,17H,4-5,7-8H2,(H,18,19)/t10-/m0/s1. The van der Waals surface area contributed by atoms with Crippen molar-refractivity contribution in [2.75, 3.05) is 19.8 Å². The molecule has 2 rings (SSSR count). The van der Waals surface area contributed by atoms with E-state index in [4.69, 9.17) is 4.74 Å². The summed E-state index contributed by atoms with van der Waals surface area (Å²) in [6, 6.07) is 4.67. The summed E-state index contributed by atoms with van der Waals surface area (Å²) in [6.45, 7) is -0.775. The quantitative estimate of drug-likeness (QED) is 0.830. The first kappa shape index (κ1) is 17.7. The number of sulfonamides is 1. The summed E-state index contributed by atoms with van der Waals surface area (Å²) >= 11 is 0. The van der Waals surface area contributed by atoms with Gasteiger partial charge in [-0.05, 0) is 24.6 Å². The zero-order valence-electron chi connectivity index (χ0n) is 11.9. The molecule has 10 heteroatoms. The molecule has 1 aliphatic heterocycles. The van der Waals surface area contributed by atoms with E-state index in [9.17, 15) is 26.4 Å². The van der Waals surface area contributed by atoms with Crippen molar-refractivity contribution >= 4 is 15.9 Å². The lowest BCUT2D eigenvalue weighted by molar-refractivity contribution is -0.121. The molecule has 23 heavy (non-hydrogen) atoms. The van der Waals surface area contributed by atoms with Gasteiger partial charge in [-0.25, -0.2) is 13.1 Å². The molecule has 1 aromatic rings. The van der Waals surface area contributed by atoms with Gasteiger partial charge in [0, 0.05) is 12.2 Å². The van der Waals surface area contributed by atoms with E-state index in [1.165, 1.54) is 16.9 Å². The number of alkyl halides is 3. The predicted molar refractivity (Wildman–Crippen MR) is 74.4 cm³/mol. The second-order valence-electron chi connectivity index (χ2n) is 5.00. The first-order chi connectivity index (χ1) is 10.7. The van der Waals surface area contributed by atoms with Gasteiger partial charge in [0.15, 0.2) is 0 Å². The topological polar surface area (TPSA) is 84.5 Å². The summed E-state index contributed by atoms with van der Waals surface area (Å²) in [5.74, 6) is -0.506. The highest BCUT2D eigenvalue weighted by molar-refractivity contribution is 7.89. The second-order valence-corrected chi connectivity index (χ2v) is 6.77. The van der Waals surface area contributed by atoms with Crippen molar-refractivity contribution in [3.8, 4) is 0 Å². The maximum Gasteiger partial charge on any atom is 0.402 e. The highest BCUT2D eigenvalue weighted by atomic mass is 32.2. The first-order valence-electron chi connectivity index (χ1n) is 6.72. The fraction of sp³-hybridized carbons (Fsp3) is 0.462. The maximum absolute atomic E-state index is 12.1. The Hall–Kier alpha value is -1.65. The second kappa shape index (κ2) is 6.85. The summed E-state index contributed by atoms with van der Waals surface area (Å²) in [5, 5.41) is 2.67. The average Bonchev–Trinajstić information content (AvgIpc) is 2.98. The Morgan fingerprint density at radius 2 is 2.09 bits per heavy atom. The van der Waals surface area contributed by atoms with Crippen molar-refractivity contribution in [1.82, 2.24) is 10.0 Å². The third-order valence-electron chi connectivity index (χ3n) is 3.13. The van der Waals surface area contributed by atoms with Crippen LogP contribution in [0.2, 0.25) is 0 Å². The van der Waals surface area contributed by atoms with E-state index < -0.39 is 33.5 Å². The number of hydrogen-bond acceptors (Lipinski definition) is 4. The lowest BCUT2D eigenvalue weighted by Gasteiger charge is -2.12. The van der Waals surface area contributed by atoms with Crippen molar-refractivity contribution in [2.45, 2.75) is 23.5 Å². The zero-order valence-corrected chi connectivity index (χ0v) is 12.7. The number of ether oxygens (including phenoxy) is 1. The molecule has 0 aromatic heterocycles. The molecule has 0 radical (unpaired) electrons. The van der Waals surface area contributed by atoms with E-state index in [1.54, 1.807) is 0 Å². The van der Waals surface area contributed by atoms with Crippen LogP contribution in [-0.4, -0.2) is 46.3 Å². The molecule has 1 aliphatic rings. The molecule has 0 saturated carbocycles. The van der Waals surface area contributed by atoms with E-state index >= 15 is 0 Å². The van der Waals surface area contributed by atoms with Crippen LogP contribution in [0, 0.1) is 0 Å². The summed E-state index contributed by atoms with van der Waals surface area (Å²) < 4.78 is 66.6. The fourth-order valence-electron chi connectivity index (χ4n) is 1.98. The van der Waals surface area contributed by atoms with Crippen molar-refractivity contribution in [3.63, 3.8) is 0 Å². The number of halogens is 3. The SMILES string of the molecule is O=C(N[C@H]1CCOC1)c1cccc(S(=O)(=O)NCC(F)(F)F)c1. The van der Waals surface area contributed by atoms with Crippen molar-refractivity contribution in [2.24, 2.45) is 0 Å². The molecule has 1 fully saturated rings. The summed E-state index contributed by atoms with van der Waals surface area (Å²) in [6.07, 6.45) is -4.01. The van der Waals surface area contributed by atoms with E-state index in [-0.39, 0.29) is 11.6 Å². The molecule has 1 amide bonds. The Balaban J connectivity index is 2.10. The highest BCUT2D eigenvalue weighted by Crippen LogP contribution is 2.16. The minimum absolute atomic E-state index is 0.0479. The Morgan fingerprint density at radius 1 is 1.35 bits per heavy atom. The lowest BCUT2D eigenvalue weighted by Crippen LogP contribution is -2.35. The van der Waals surface area contributed by atoms with Gasteiger partial charge in [0.05, 0.1) is 17.5 Å². The van der Waals surface area contributed by atoms with Crippen LogP contribution in [0.15, 0.2) is 29.2 Å². The normalized spacial score (nSPS) is 18.8. The maximum atomic E-state index is 12.1. The van der Waals surface area contributed by atoms with Crippen LogP contribution in [0.3, 0.4) is 0 Å². The molecule has 128 valence electrons. The lowest BCUT2D eigenvalue weighted by atomic mass is 10.2. The number of benzene rings is 1. The number of hydrogen-bond donors (Lipinski definition) is 2. The highest BCUT2D eigenvalue weighted by Gasteiger charge is 2.30. The molecular weight excluding hydrogens is 337 g/mol. The average molecular weight is 352 g/mol. The van der Waals surface area contributed by atoms with Gasteiger partial charge in [-0.3, -0.25) is 4.79 Å². The van der Waals surface area contributed by atoms with Crippen LogP contribution in [0.1, 0.15) is 16.8 Å². The van der Waals surface area contributed by atoms with Gasteiger partial charge >= 0.3 is 6.18 Å². The van der Waals surface area contributed by atoms with Crippen molar-refractivity contribution in [3.05, 3.63) is 29.8 Å². The van der Waals surface area contributed by atoms with E-state index in [0.717, 1.165) is 12.1 Å². The third kappa shape index (κ3) is 5.19. The van der Waals surface area contributed by atoms with Crippen LogP contribution < -0.4 is 10.0 Å². The van der Waals surface area contributed by atoms with Crippen LogP contribution in [0.5, 0.6) is 0 Å².